The van der Waals surface area contributed by atoms with Crippen molar-refractivity contribution in [2.75, 3.05) is 6.54 Å². The number of carbonyl (C=O) groups excluding carboxylic acids is 2. The number of amides is 1. The van der Waals surface area contributed by atoms with Gasteiger partial charge in [0, 0.05) is 0 Å². The number of nitrogens with one attached hydrogen (secondary N) is 1. The quantitative estimate of drug-likeness (QED) is 0.697. The summed E-state index contributed by atoms with van der Waals surface area (Å²) in [6.45, 7) is 0.755. The molecule has 0 saturated heterocycles. The molecule has 5 nitrogen and oxygen atoms in total. The van der Waals surface area contributed by atoms with E-state index in [-0.39, 0.29) is 6.61 Å². The average Bonchev–Trinajstić information content (AvgIpc) is 2.45. The van der Waals surface area contributed by atoms with Gasteiger partial charge < -0.3 is 15.8 Å². The summed E-state index contributed by atoms with van der Waals surface area (Å²) in [6, 6.07) is 8.71. The monoisotopic (exact) mass is 263 g/mol. The Labute approximate surface area is 113 Å². The minimum atomic E-state index is -0.630. The molecule has 1 radical (unpaired) electrons. The SMILES string of the molecule is NCCCCC([C]=O)NC(=O)OCc1ccccc1. The number of nitrogens with two attached hydrogens (primary N) is 1. The van der Waals surface area contributed by atoms with Gasteiger partial charge in [-0.1, -0.05) is 30.3 Å². The third kappa shape index (κ3) is 6.57. The Bertz CT molecular complexity index is 382. The fraction of sp³-hybridized carbons (Fsp3) is 0.429. The van der Waals surface area contributed by atoms with Crippen LogP contribution in [0.4, 0.5) is 4.79 Å². The second kappa shape index (κ2) is 9.10. The minimum Gasteiger partial charge on any atom is -0.445 e. The van der Waals surface area contributed by atoms with E-state index in [1.165, 1.54) is 0 Å². The van der Waals surface area contributed by atoms with E-state index in [0.717, 1.165) is 18.4 Å². The molecule has 0 spiro atoms. The molecule has 0 aliphatic heterocycles. The molecule has 1 unspecified atom stereocenters. The standard InChI is InChI=1S/C14H19N2O3/c15-9-5-4-8-13(10-17)16-14(18)19-11-12-6-2-1-3-7-12/h1-3,6-7,13H,4-5,8-9,11,15H2,(H,16,18). The van der Waals surface area contributed by atoms with Crippen molar-refractivity contribution in [2.45, 2.75) is 31.9 Å². The molecule has 0 aliphatic carbocycles. The molecule has 0 bridgehead atoms. The van der Waals surface area contributed by atoms with Gasteiger partial charge in [0.05, 0.1) is 6.04 Å². The van der Waals surface area contributed by atoms with Crippen molar-refractivity contribution in [3.63, 3.8) is 0 Å². The van der Waals surface area contributed by atoms with E-state index in [2.05, 4.69) is 5.32 Å². The lowest BCUT2D eigenvalue weighted by Gasteiger charge is -2.12. The summed E-state index contributed by atoms with van der Waals surface area (Å²) in [6.07, 6.45) is 3.30. The highest BCUT2D eigenvalue weighted by molar-refractivity contribution is 5.73. The van der Waals surface area contributed by atoms with Crippen molar-refractivity contribution >= 4 is 12.4 Å². The van der Waals surface area contributed by atoms with Gasteiger partial charge in [0.2, 0.25) is 6.29 Å². The first-order valence-electron chi connectivity index (χ1n) is 6.31. The Balaban J connectivity index is 2.27. The number of alkyl carbamates (subject to hydrolysis) is 1. The van der Waals surface area contributed by atoms with Crippen LogP contribution < -0.4 is 11.1 Å². The van der Waals surface area contributed by atoms with Gasteiger partial charge in [-0.2, -0.15) is 0 Å². The largest absolute Gasteiger partial charge is 0.445 e. The first-order chi connectivity index (χ1) is 9.26. The Morgan fingerprint density at radius 1 is 1.32 bits per heavy atom. The van der Waals surface area contributed by atoms with E-state index in [1.807, 2.05) is 30.3 Å². The zero-order valence-corrected chi connectivity index (χ0v) is 10.8. The van der Waals surface area contributed by atoms with Crippen LogP contribution in [-0.4, -0.2) is 25.0 Å². The van der Waals surface area contributed by atoms with Gasteiger partial charge in [0.1, 0.15) is 6.61 Å². The molecule has 0 aromatic heterocycles. The molecule has 3 N–H and O–H groups in total. The molecule has 0 fully saturated rings. The average molecular weight is 263 g/mol. The molecule has 0 saturated carbocycles. The second-order valence-corrected chi connectivity index (χ2v) is 4.16. The van der Waals surface area contributed by atoms with Crippen LogP contribution >= 0.6 is 0 Å². The first kappa shape index (κ1) is 15.2. The molecule has 1 amide bonds. The highest BCUT2D eigenvalue weighted by Gasteiger charge is 2.12. The first-order valence-corrected chi connectivity index (χ1v) is 6.31. The zero-order valence-electron chi connectivity index (χ0n) is 10.8. The number of ether oxygens (including phenoxy) is 1. The molecule has 1 atom stereocenters. The summed E-state index contributed by atoms with van der Waals surface area (Å²) in [7, 11) is 0. The van der Waals surface area contributed by atoms with Crippen molar-refractivity contribution in [1.29, 1.82) is 0 Å². The fourth-order valence-corrected chi connectivity index (χ4v) is 1.56. The van der Waals surface area contributed by atoms with Gasteiger partial charge in [-0.3, -0.25) is 4.79 Å². The number of hydrogen-bond donors (Lipinski definition) is 2. The lowest BCUT2D eigenvalue weighted by atomic mass is 10.1. The van der Waals surface area contributed by atoms with Crippen LogP contribution in [0.15, 0.2) is 30.3 Å². The number of carbonyl (C=O) groups is 1. The van der Waals surface area contributed by atoms with Gasteiger partial charge in [-0.05, 0) is 31.4 Å². The van der Waals surface area contributed by atoms with Crippen LogP contribution in [0.3, 0.4) is 0 Å². The van der Waals surface area contributed by atoms with Gasteiger partial charge in [-0.25, -0.2) is 4.79 Å². The van der Waals surface area contributed by atoms with Gasteiger partial charge in [0.15, 0.2) is 0 Å². The predicted octanol–water partition coefficient (Wildman–Crippen LogP) is 1.52. The van der Waals surface area contributed by atoms with Crippen LogP contribution in [-0.2, 0) is 16.1 Å². The van der Waals surface area contributed by atoms with Crippen molar-refractivity contribution in [2.24, 2.45) is 5.73 Å². The molecule has 1 aromatic rings. The lowest BCUT2D eigenvalue weighted by molar-refractivity contribution is 0.137. The molecule has 103 valence electrons. The van der Waals surface area contributed by atoms with Gasteiger partial charge >= 0.3 is 6.09 Å². The number of benzene rings is 1. The lowest BCUT2D eigenvalue weighted by Crippen LogP contribution is -2.36. The summed E-state index contributed by atoms with van der Waals surface area (Å²) in [5.74, 6) is 0. The van der Waals surface area contributed by atoms with E-state index in [0.29, 0.717) is 13.0 Å². The van der Waals surface area contributed by atoms with Crippen LogP contribution in [0.5, 0.6) is 0 Å². The van der Waals surface area contributed by atoms with Gasteiger partial charge in [-0.15, -0.1) is 0 Å². The maximum Gasteiger partial charge on any atom is 0.408 e. The van der Waals surface area contributed by atoms with E-state index in [4.69, 9.17) is 10.5 Å². The Kier molecular flexibility index (Phi) is 7.27. The molecule has 0 aliphatic rings. The molecule has 19 heavy (non-hydrogen) atoms. The molecule has 1 aromatic carbocycles. The highest BCUT2D eigenvalue weighted by atomic mass is 16.5. The Morgan fingerprint density at radius 2 is 2.05 bits per heavy atom. The van der Waals surface area contributed by atoms with Crippen molar-refractivity contribution in [3.05, 3.63) is 35.9 Å². The number of hydrogen-bond acceptors (Lipinski definition) is 4. The molecular formula is C14H19N2O3. The summed E-state index contributed by atoms with van der Waals surface area (Å²) in [5, 5.41) is 2.47. The summed E-state index contributed by atoms with van der Waals surface area (Å²) >= 11 is 0. The topological polar surface area (TPSA) is 81.4 Å². The van der Waals surface area contributed by atoms with Crippen LogP contribution in [0.1, 0.15) is 24.8 Å². The minimum absolute atomic E-state index is 0.182. The highest BCUT2D eigenvalue weighted by Crippen LogP contribution is 2.02. The number of unbranched alkanes of at least 4 members (excludes halogenated alkanes) is 1. The summed E-state index contributed by atoms with van der Waals surface area (Å²) in [5.41, 5.74) is 6.25. The molecular weight excluding hydrogens is 244 g/mol. The van der Waals surface area contributed by atoms with Crippen LogP contribution in [0.2, 0.25) is 0 Å². The Hall–Kier alpha value is -1.88. The molecule has 1 rings (SSSR count). The summed E-state index contributed by atoms with van der Waals surface area (Å²) in [4.78, 5) is 22.2. The third-order valence-corrected chi connectivity index (χ3v) is 2.59. The zero-order chi connectivity index (χ0) is 13.9. The Morgan fingerprint density at radius 3 is 2.68 bits per heavy atom. The van der Waals surface area contributed by atoms with Crippen LogP contribution in [0, 0.1) is 0 Å². The van der Waals surface area contributed by atoms with E-state index in [1.54, 1.807) is 6.29 Å². The maximum absolute atomic E-state index is 11.5. The second-order valence-electron chi connectivity index (χ2n) is 4.16. The smallest absolute Gasteiger partial charge is 0.408 e. The van der Waals surface area contributed by atoms with Crippen molar-refractivity contribution < 1.29 is 14.3 Å². The predicted molar refractivity (Wildman–Crippen MR) is 72.1 cm³/mol. The van der Waals surface area contributed by atoms with Gasteiger partial charge in [0.25, 0.3) is 0 Å². The normalized spacial score (nSPS) is 11.6. The molecule has 5 heteroatoms. The summed E-state index contributed by atoms with van der Waals surface area (Å²) < 4.78 is 5.01. The molecule has 0 heterocycles. The van der Waals surface area contributed by atoms with E-state index >= 15 is 0 Å². The van der Waals surface area contributed by atoms with Crippen molar-refractivity contribution in [1.82, 2.24) is 5.32 Å². The van der Waals surface area contributed by atoms with Crippen molar-refractivity contribution in [3.8, 4) is 0 Å². The number of rotatable bonds is 8. The third-order valence-electron chi connectivity index (χ3n) is 2.59. The maximum atomic E-state index is 11.5. The fourth-order valence-electron chi connectivity index (χ4n) is 1.56. The van der Waals surface area contributed by atoms with Crippen LogP contribution in [0.25, 0.3) is 0 Å². The van der Waals surface area contributed by atoms with E-state index < -0.39 is 12.1 Å². The van der Waals surface area contributed by atoms with E-state index in [9.17, 15) is 9.59 Å².